The van der Waals surface area contributed by atoms with Crippen molar-refractivity contribution in [2.24, 2.45) is 0 Å². The molecular weight excluding hydrogens is 318 g/mol. The Bertz CT molecular complexity index is 800. The maximum atomic E-state index is 12.8. The number of carboxylic acids is 1. The standard InChI is InChI=1S/C20H23NO4/c1-13-8-9-17(14(2)10-13)19(24)21-20(3,12-18(22)23)15-6-5-7-16(11-15)25-4/h5-11H,12H2,1-4H3,(H,21,24)(H,22,23). The van der Waals surface area contributed by atoms with Gasteiger partial charge in [-0.3, -0.25) is 9.59 Å². The first-order chi connectivity index (χ1) is 11.7. The molecule has 2 aromatic carbocycles. The van der Waals surface area contributed by atoms with Gasteiger partial charge in [0.2, 0.25) is 0 Å². The molecule has 2 aromatic rings. The molecule has 0 saturated heterocycles. The lowest BCUT2D eigenvalue weighted by Crippen LogP contribution is -2.45. The first kappa shape index (κ1) is 18.5. The second kappa shape index (κ2) is 7.38. The Morgan fingerprint density at radius 3 is 2.48 bits per heavy atom. The highest BCUT2D eigenvalue weighted by atomic mass is 16.5. The second-order valence-electron chi connectivity index (χ2n) is 6.41. The smallest absolute Gasteiger partial charge is 0.306 e. The topological polar surface area (TPSA) is 75.6 Å². The molecule has 1 atom stereocenters. The number of aliphatic carboxylic acids is 1. The van der Waals surface area contributed by atoms with Crippen molar-refractivity contribution in [3.05, 3.63) is 64.7 Å². The fourth-order valence-electron chi connectivity index (χ4n) is 2.87. The van der Waals surface area contributed by atoms with Crippen LogP contribution >= 0.6 is 0 Å². The highest BCUT2D eigenvalue weighted by Crippen LogP contribution is 2.28. The molecule has 1 amide bonds. The van der Waals surface area contributed by atoms with Crippen molar-refractivity contribution >= 4 is 11.9 Å². The normalized spacial score (nSPS) is 13.0. The summed E-state index contributed by atoms with van der Waals surface area (Å²) in [5.41, 5.74) is 2.06. The average molecular weight is 341 g/mol. The van der Waals surface area contributed by atoms with Crippen LogP contribution in [0.5, 0.6) is 5.75 Å². The van der Waals surface area contributed by atoms with Gasteiger partial charge in [0.05, 0.1) is 19.1 Å². The van der Waals surface area contributed by atoms with Gasteiger partial charge in [0.15, 0.2) is 0 Å². The van der Waals surface area contributed by atoms with Crippen molar-refractivity contribution in [3.63, 3.8) is 0 Å². The van der Waals surface area contributed by atoms with Crippen molar-refractivity contribution in [2.45, 2.75) is 32.7 Å². The van der Waals surface area contributed by atoms with Crippen LogP contribution in [0.3, 0.4) is 0 Å². The van der Waals surface area contributed by atoms with Crippen LogP contribution in [0.25, 0.3) is 0 Å². The summed E-state index contributed by atoms with van der Waals surface area (Å²) in [7, 11) is 1.54. The third kappa shape index (κ3) is 4.38. The number of ether oxygens (including phenoxy) is 1. The highest BCUT2D eigenvalue weighted by Gasteiger charge is 2.32. The van der Waals surface area contributed by atoms with E-state index in [0.29, 0.717) is 16.9 Å². The van der Waals surface area contributed by atoms with Crippen molar-refractivity contribution < 1.29 is 19.4 Å². The Morgan fingerprint density at radius 1 is 1.16 bits per heavy atom. The van der Waals surface area contributed by atoms with E-state index in [0.717, 1.165) is 11.1 Å². The SMILES string of the molecule is COc1cccc(C(C)(CC(=O)O)NC(=O)c2ccc(C)cc2C)c1. The van der Waals surface area contributed by atoms with Gasteiger partial charge < -0.3 is 15.2 Å². The molecule has 1 unspecified atom stereocenters. The molecule has 0 saturated carbocycles. The molecule has 0 aliphatic rings. The number of methoxy groups -OCH3 is 1. The van der Waals surface area contributed by atoms with Crippen LogP contribution < -0.4 is 10.1 Å². The predicted molar refractivity (Wildman–Crippen MR) is 96.0 cm³/mol. The largest absolute Gasteiger partial charge is 0.497 e. The fourth-order valence-corrected chi connectivity index (χ4v) is 2.87. The molecule has 0 bridgehead atoms. The van der Waals surface area contributed by atoms with Crippen LogP contribution in [-0.4, -0.2) is 24.1 Å². The zero-order chi connectivity index (χ0) is 18.6. The van der Waals surface area contributed by atoms with Gasteiger partial charge in [-0.1, -0.05) is 29.8 Å². The van der Waals surface area contributed by atoms with Crippen LogP contribution in [0.1, 0.15) is 40.4 Å². The van der Waals surface area contributed by atoms with E-state index in [1.807, 2.05) is 26.0 Å². The van der Waals surface area contributed by atoms with Crippen molar-refractivity contribution in [2.75, 3.05) is 7.11 Å². The van der Waals surface area contributed by atoms with Gasteiger partial charge in [0.25, 0.3) is 5.91 Å². The summed E-state index contributed by atoms with van der Waals surface area (Å²) in [5, 5.41) is 12.2. The van der Waals surface area contributed by atoms with E-state index in [4.69, 9.17) is 4.74 Å². The number of carbonyl (C=O) groups is 2. The lowest BCUT2D eigenvalue weighted by molar-refractivity contribution is -0.138. The van der Waals surface area contributed by atoms with Crippen LogP contribution in [0.15, 0.2) is 42.5 Å². The van der Waals surface area contributed by atoms with Crippen molar-refractivity contribution in [3.8, 4) is 5.75 Å². The Morgan fingerprint density at radius 2 is 1.88 bits per heavy atom. The lowest BCUT2D eigenvalue weighted by atomic mass is 9.87. The molecule has 25 heavy (non-hydrogen) atoms. The molecule has 2 N–H and O–H groups in total. The Labute approximate surface area is 147 Å². The molecule has 0 spiro atoms. The molecule has 0 aromatic heterocycles. The number of hydrogen-bond acceptors (Lipinski definition) is 3. The van der Waals surface area contributed by atoms with Crippen LogP contribution in [0.4, 0.5) is 0 Å². The minimum absolute atomic E-state index is 0.239. The minimum atomic E-state index is -1.06. The predicted octanol–water partition coefficient (Wildman–Crippen LogP) is 3.43. The van der Waals surface area contributed by atoms with E-state index in [-0.39, 0.29) is 12.3 Å². The molecule has 2 rings (SSSR count). The first-order valence-electron chi connectivity index (χ1n) is 8.01. The zero-order valence-corrected chi connectivity index (χ0v) is 14.9. The fraction of sp³-hybridized carbons (Fsp3) is 0.300. The third-order valence-corrected chi connectivity index (χ3v) is 4.23. The molecular formula is C20H23NO4. The monoisotopic (exact) mass is 341 g/mol. The summed E-state index contributed by atoms with van der Waals surface area (Å²) >= 11 is 0. The van der Waals surface area contributed by atoms with E-state index in [9.17, 15) is 14.7 Å². The first-order valence-corrected chi connectivity index (χ1v) is 8.01. The Kier molecular flexibility index (Phi) is 5.47. The second-order valence-corrected chi connectivity index (χ2v) is 6.41. The molecule has 0 aliphatic carbocycles. The summed E-state index contributed by atoms with van der Waals surface area (Å²) in [6.07, 6.45) is -0.239. The van der Waals surface area contributed by atoms with E-state index >= 15 is 0 Å². The van der Waals surface area contributed by atoms with Gasteiger partial charge in [-0.15, -0.1) is 0 Å². The van der Waals surface area contributed by atoms with Crippen molar-refractivity contribution in [1.82, 2.24) is 5.32 Å². The summed E-state index contributed by atoms with van der Waals surface area (Å²) in [5.74, 6) is -0.690. The van der Waals surface area contributed by atoms with E-state index in [1.54, 1.807) is 44.4 Å². The van der Waals surface area contributed by atoms with Crippen molar-refractivity contribution in [1.29, 1.82) is 0 Å². The molecule has 0 heterocycles. The number of nitrogens with one attached hydrogen (secondary N) is 1. The Balaban J connectivity index is 2.39. The van der Waals surface area contributed by atoms with E-state index in [2.05, 4.69) is 5.32 Å². The molecule has 132 valence electrons. The molecule has 0 radical (unpaired) electrons. The number of rotatable bonds is 6. The quantitative estimate of drug-likeness (QED) is 0.844. The molecule has 0 aliphatic heterocycles. The van der Waals surface area contributed by atoms with Gasteiger partial charge in [-0.05, 0) is 50.1 Å². The molecule has 0 fully saturated rings. The van der Waals surface area contributed by atoms with E-state index < -0.39 is 11.5 Å². The van der Waals surface area contributed by atoms with Gasteiger partial charge in [-0.25, -0.2) is 0 Å². The van der Waals surface area contributed by atoms with Gasteiger partial charge >= 0.3 is 5.97 Å². The van der Waals surface area contributed by atoms with Gasteiger partial charge in [-0.2, -0.15) is 0 Å². The number of carboxylic acid groups (broad SMARTS) is 1. The molecule has 5 heteroatoms. The summed E-state index contributed by atoms with van der Waals surface area (Å²) in [6.45, 7) is 5.53. The highest BCUT2D eigenvalue weighted by molar-refractivity contribution is 5.96. The lowest BCUT2D eigenvalue weighted by Gasteiger charge is -2.30. The summed E-state index contributed by atoms with van der Waals surface area (Å²) in [6, 6.07) is 12.6. The average Bonchev–Trinajstić information content (AvgIpc) is 2.53. The number of benzene rings is 2. The maximum Gasteiger partial charge on any atom is 0.306 e. The van der Waals surface area contributed by atoms with Crippen LogP contribution in [0.2, 0.25) is 0 Å². The van der Waals surface area contributed by atoms with Gasteiger partial charge in [0.1, 0.15) is 5.75 Å². The zero-order valence-electron chi connectivity index (χ0n) is 14.9. The third-order valence-electron chi connectivity index (χ3n) is 4.23. The summed E-state index contributed by atoms with van der Waals surface area (Å²) < 4.78 is 5.22. The maximum absolute atomic E-state index is 12.8. The van der Waals surface area contributed by atoms with Crippen LogP contribution in [0, 0.1) is 13.8 Å². The Hall–Kier alpha value is -2.82. The van der Waals surface area contributed by atoms with Crippen LogP contribution in [-0.2, 0) is 10.3 Å². The number of amides is 1. The number of aryl methyl sites for hydroxylation is 2. The summed E-state index contributed by atoms with van der Waals surface area (Å²) in [4.78, 5) is 24.2. The number of hydrogen-bond donors (Lipinski definition) is 2. The van der Waals surface area contributed by atoms with Gasteiger partial charge in [0, 0.05) is 5.56 Å². The number of carbonyl (C=O) groups excluding carboxylic acids is 1. The minimum Gasteiger partial charge on any atom is -0.497 e. The van der Waals surface area contributed by atoms with E-state index in [1.165, 1.54) is 0 Å². The molecule has 5 nitrogen and oxygen atoms in total.